The van der Waals surface area contributed by atoms with E-state index in [1.807, 2.05) is 42.5 Å². The second kappa shape index (κ2) is 7.29. The highest BCUT2D eigenvalue weighted by atomic mass is 16.6. The van der Waals surface area contributed by atoms with Crippen molar-refractivity contribution in [1.82, 2.24) is 0 Å². The largest absolute Gasteiger partial charge is 0.390 e. The van der Waals surface area contributed by atoms with Crippen LogP contribution in [0.1, 0.15) is 29.2 Å². The van der Waals surface area contributed by atoms with Gasteiger partial charge < -0.3 is 4.84 Å². The Morgan fingerprint density at radius 2 is 1.95 bits per heavy atom. The van der Waals surface area contributed by atoms with E-state index in [2.05, 4.69) is 37.0 Å². The first-order valence-electron chi connectivity index (χ1n) is 6.70. The fourth-order valence-corrected chi connectivity index (χ4v) is 1.82. The van der Waals surface area contributed by atoms with E-state index in [0.29, 0.717) is 6.61 Å². The Bertz CT molecular complexity index is 585. The summed E-state index contributed by atoms with van der Waals surface area (Å²) in [6, 6.07) is 16.1. The predicted molar refractivity (Wildman–Crippen MR) is 83.7 cm³/mol. The maximum Gasteiger partial charge on any atom is 0.142 e. The van der Waals surface area contributed by atoms with Crippen LogP contribution in [0.3, 0.4) is 0 Å². The van der Waals surface area contributed by atoms with Crippen LogP contribution in [-0.4, -0.2) is 6.21 Å². The molecule has 0 aliphatic carbocycles. The molecular formula is C18H18NO. The summed E-state index contributed by atoms with van der Waals surface area (Å²) >= 11 is 0. The van der Waals surface area contributed by atoms with Crippen molar-refractivity contribution in [3.05, 3.63) is 77.4 Å². The molecule has 0 saturated heterocycles. The molecule has 0 amide bonds. The molecule has 2 aromatic rings. The van der Waals surface area contributed by atoms with E-state index in [9.17, 15) is 0 Å². The van der Waals surface area contributed by atoms with E-state index in [4.69, 9.17) is 4.84 Å². The molecule has 0 unspecified atom stereocenters. The number of hydrogen-bond donors (Lipinski definition) is 0. The molecule has 0 heterocycles. The van der Waals surface area contributed by atoms with Crippen LogP contribution in [0.25, 0.3) is 6.08 Å². The summed E-state index contributed by atoms with van der Waals surface area (Å²) in [7, 11) is 0. The number of benzene rings is 2. The van der Waals surface area contributed by atoms with Gasteiger partial charge in [0.15, 0.2) is 0 Å². The maximum absolute atomic E-state index is 5.26. The summed E-state index contributed by atoms with van der Waals surface area (Å²) in [6.45, 7) is 6.31. The number of hydrogen-bond acceptors (Lipinski definition) is 2. The second-order valence-corrected chi connectivity index (χ2v) is 4.48. The summed E-state index contributed by atoms with van der Waals surface area (Å²) in [5.41, 5.74) is 4.36. The van der Waals surface area contributed by atoms with E-state index in [-0.39, 0.29) is 0 Å². The van der Waals surface area contributed by atoms with Gasteiger partial charge in [-0.25, -0.2) is 0 Å². The Morgan fingerprint density at radius 1 is 1.15 bits per heavy atom. The minimum Gasteiger partial charge on any atom is -0.390 e. The molecule has 2 nitrogen and oxygen atoms in total. The summed E-state index contributed by atoms with van der Waals surface area (Å²) in [4.78, 5) is 5.26. The van der Waals surface area contributed by atoms with Gasteiger partial charge in [0, 0.05) is 5.56 Å². The van der Waals surface area contributed by atoms with E-state index in [1.54, 1.807) is 0 Å². The first-order valence-corrected chi connectivity index (χ1v) is 6.70. The van der Waals surface area contributed by atoms with Crippen LogP contribution in [0.2, 0.25) is 0 Å². The van der Waals surface area contributed by atoms with Crippen LogP contribution >= 0.6 is 0 Å². The molecule has 0 N–H and O–H groups in total. The average Bonchev–Trinajstić information content (AvgIpc) is 2.52. The third kappa shape index (κ3) is 4.09. The molecule has 0 aromatic heterocycles. The van der Waals surface area contributed by atoms with Gasteiger partial charge >= 0.3 is 0 Å². The molecule has 0 fully saturated rings. The van der Waals surface area contributed by atoms with Crippen LogP contribution in [0.15, 0.2) is 60.3 Å². The number of nitrogens with zero attached hydrogens (tertiary/aromatic N) is 1. The molecule has 0 spiro atoms. The van der Waals surface area contributed by atoms with Crippen LogP contribution in [0, 0.1) is 0 Å². The minimum atomic E-state index is 0.432. The van der Waals surface area contributed by atoms with E-state index in [0.717, 1.165) is 23.1 Å². The first-order chi connectivity index (χ1) is 9.81. The van der Waals surface area contributed by atoms with Gasteiger partial charge in [0.25, 0.3) is 0 Å². The lowest BCUT2D eigenvalue weighted by atomic mass is 10.1. The lowest BCUT2D eigenvalue weighted by Crippen LogP contribution is -1.89. The van der Waals surface area contributed by atoms with Crippen LogP contribution in [0.4, 0.5) is 0 Å². The normalized spacial score (nSPS) is 10.7. The third-order valence-corrected chi connectivity index (χ3v) is 3.02. The van der Waals surface area contributed by atoms with Crippen molar-refractivity contribution >= 4 is 12.3 Å². The van der Waals surface area contributed by atoms with Crippen LogP contribution < -0.4 is 0 Å². The monoisotopic (exact) mass is 264 g/mol. The van der Waals surface area contributed by atoms with Gasteiger partial charge in [-0.15, -0.1) is 0 Å². The molecule has 0 bridgehead atoms. The Hall–Kier alpha value is -2.35. The van der Waals surface area contributed by atoms with E-state index < -0.39 is 0 Å². The zero-order valence-electron chi connectivity index (χ0n) is 11.7. The minimum absolute atomic E-state index is 0.432. The SMILES string of the molecule is C=Cc1cccc(CO/N=[C]\c2ccc(CC)cc2)c1. The molecule has 0 aliphatic heterocycles. The number of rotatable bonds is 6. The van der Waals surface area contributed by atoms with Gasteiger partial charge in [0.1, 0.15) is 12.8 Å². The van der Waals surface area contributed by atoms with Crippen molar-refractivity contribution in [2.45, 2.75) is 20.0 Å². The molecule has 2 aromatic carbocycles. The Kier molecular flexibility index (Phi) is 5.13. The van der Waals surface area contributed by atoms with Gasteiger partial charge in [-0.2, -0.15) is 0 Å². The third-order valence-electron chi connectivity index (χ3n) is 3.02. The highest BCUT2D eigenvalue weighted by Crippen LogP contribution is 2.08. The lowest BCUT2D eigenvalue weighted by Gasteiger charge is -2.01. The molecule has 20 heavy (non-hydrogen) atoms. The molecule has 101 valence electrons. The smallest absolute Gasteiger partial charge is 0.142 e. The summed E-state index contributed by atoms with van der Waals surface area (Å²) in [6.07, 6.45) is 5.73. The standard InChI is InChI=1S/C18H18NO/c1-3-15-8-10-17(11-9-15)13-19-20-14-18-7-5-6-16(4-2)12-18/h4-12H,2-3,14H2,1H3. The van der Waals surface area contributed by atoms with Crippen LogP contribution in [0.5, 0.6) is 0 Å². The highest BCUT2D eigenvalue weighted by Gasteiger charge is 1.94. The lowest BCUT2D eigenvalue weighted by molar-refractivity contribution is 0.132. The Morgan fingerprint density at radius 3 is 2.65 bits per heavy atom. The van der Waals surface area contributed by atoms with Crippen molar-refractivity contribution in [2.75, 3.05) is 0 Å². The molecule has 0 atom stereocenters. The first kappa shape index (κ1) is 14.1. The summed E-state index contributed by atoms with van der Waals surface area (Å²) in [5.74, 6) is 0. The molecule has 0 aliphatic rings. The highest BCUT2D eigenvalue weighted by molar-refractivity contribution is 5.79. The van der Waals surface area contributed by atoms with Crippen molar-refractivity contribution in [1.29, 1.82) is 0 Å². The predicted octanol–water partition coefficient (Wildman–Crippen LogP) is 4.32. The van der Waals surface area contributed by atoms with Crippen molar-refractivity contribution in [3.8, 4) is 0 Å². The Balaban J connectivity index is 1.87. The summed E-state index contributed by atoms with van der Waals surface area (Å²) < 4.78 is 0. The molecule has 2 rings (SSSR count). The quantitative estimate of drug-likeness (QED) is 0.562. The van der Waals surface area contributed by atoms with Gasteiger partial charge in [-0.05, 0) is 29.2 Å². The fraction of sp³-hybridized carbons (Fsp3) is 0.167. The van der Waals surface area contributed by atoms with Crippen molar-refractivity contribution < 1.29 is 4.84 Å². The second-order valence-electron chi connectivity index (χ2n) is 4.48. The summed E-state index contributed by atoms with van der Waals surface area (Å²) in [5, 5.41) is 3.87. The topological polar surface area (TPSA) is 21.6 Å². The molecule has 0 saturated carbocycles. The fourth-order valence-electron chi connectivity index (χ4n) is 1.82. The van der Waals surface area contributed by atoms with Crippen molar-refractivity contribution in [3.63, 3.8) is 0 Å². The van der Waals surface area contributed by atoms with Gasteiger partial charge in [-0.1, -0.05) is 67.2 Å². The maximum atomic E-state index is 5.26. The van der Waals surface area contributed by atoms with Gasteiger partial charge in [0.05, 0.1) is 0 Å². The van der Waals surface area contributed by atoms with E-state index >= 15 is 0 Å². The van der Waals surface area contributed by atoms with Crippen molar-refractivity contribution in [2.24, 2.45) is 5.16 Å². The molecule has 2 heteroatoms. The number of aryl methyl sites for hydroxylation is 1. The molecular weight excluding hydrogens is 246 g/mol. The zero-order valence-corrected chi connectivity index (χ0v) is 11.7. The van der Waals surface area contributed by atoms with Crippen LogP contribution in [-0.2, 0) is 17.9 Å². The van der Waals surface area contributed by atoms with Gasteiger partial charge in [-0.3, -0.25) is 0 Å². The zero-order chi connectivity index (χ0) is 14.2. The average molecular weight is 264 g/mol. The van der Waals surface area contributed by atoms with E-state index in [1.165, 1.54) is 5.56 Å². The van der Waals surface area contributed by atoms with Gasteiger partial charge in [0.2, 0.25) is 0 Å². The molecule has 1 radical (unpaired) electrons. The Labute approximate surface area is 120 Å².